The molecule has 0 aromatic rings. The van der Waals surface area contributed by atoms with Crippen molar-refractivity contribution in [3.63, 3.8) is 0 Å². The maximum atomic E-state index is 5.22. The number of rotatable bonds is 4. The Morgan fingerprint density at radius 1 is 1.36 bits per heavy atom. The van der Waals surface area contributed by atoms with Gasteiger partial charge in [0.2, 0.25) is 0 Å². The Kier molecular flexibility index (Phi) is 5.26. The van der Waals surface area contributed by atoms with Crippen LogP contribution in [0.25, 0.3) is 0 Å². The Morgan fingerprint density at radius 3 is 2.45 bits per heavy atom. The minimum absolute atomic E-state index is 0.726. The van der Waals surface area contributed by atoms with Gasteiger partial charge in [0, 0.05) is 0 Å². The van der Waals surface area contributed by atoms with Gasteiger partial charge in [0.15, 0.2) is 0 Å². The fourth-order valence-corrected chi connectivity index (χ4v) is 0.593. The van der Waals surface area contributed by atoms with Crippen molar-refractivity contribution in [3.8, 4) is 0 Å². The van der Waals surface area contributed by atoms with Crippen LogP contribution in [-0.2, 0) is 4.74 Å². The van der Waals surface area contributed by atoms with Crippen molar-refractivity contribution < 1.29 is 4.74 Å². The normalized spacial score (nSPS) is 13.0. The Morgan fingerprint density at radius 2 is 2.00 bits per heavy atom. The Balaban J connectivity index is 3.99. The molecular formula is C10H16O. The fraction of sp³-hybridized carbons (Fsp3) is 0.400. The topological polar surface area (TPSA) is 9.23 Å². The average Bonchev–Trinajstić information content (AvgIpc) is 2.01. The number of hydrogen-bond donors (Lipinski definition) is 0. The molecular weight excluding hydrogens is 136 g/mol. The second-order valence-electron chi connectivity index (χ2n) is 2.33. The number of allylic oxidation sites excluding steroid dienone is 5. The third kappa shape index (κ3) is 5.46. The summed E-state index contributed by atoms with van der Waals surface area (Å²) in [6, 6.07) is 0. The Hall–Kier alpha value is -0.980. The van der Waals surface area contributed by atoms with Crippen LogP contribution in [0.2, 0.25) is 0 Å². The smallest absolute Gasteiger partial charge is 0.0928 e. The number of ether oxygens (including phenoxy) is 1. The van der Waals surface area contributed by atoms with E-state index in [9.17, 15) is 0 Å². The predicted octanol–water partition coefficient (Wildman–Crippen LogP) is 3.06. The highest BCUT2D eigenvalue weighted by Crippen LogP contribution is 1.99. The number of hydrogen-bond acceptors (Lipinski definition) is 1. The van der Waals surface area contributed by atoms with E-state index in [1.807, 2.05) is 39.0 Å². The monoisotopic (exact) mass is 152 g/mol. The van der Waals surface area contributed by atoms with Gasteiger partial charge in [0.05, 0.1) is 12.4 Å². The highest BCUT2D eigenvalue weighted by molar-refractivity contribution is 5.20. The minimum Gasteiger partial charge on any atom is -0.499 e. The van der Waals surface area contributed by atoms with Crippen molar-refractivity contribution in [2.75, 3.05) is 6.61 Å². The van der Waals surface area contributed by atoms with Crippen molar-refractivity contribution in [3.05, 3.63) is 36.1 Å². The van der Waals surface area contributed by atoms with Crippen molar-refractivity contribution in [1.82, 2.24) is 0 Å². The van der Waals surface area contributed by atoms with Gasteiger partial charge < -0.3 is 4.74 Å². The summed E-state index contributed by atoms with van der Waals surface area (Å²) in [5.74, 6) is 0.939. The second kappa shape index (κ2) is 5.78. The van der Waals surface area contributed by atoms with E-state index in [1.54, 1.807) is 0 Å². The van der Waals surface area contributed by atoms with Crippen LogP contribution >= 0.6 is 0 Å². The van der Waals surface area contributed by atoms with Gasteiger partial charge in [-0.15, -0.1) is 0 Å². The Labute approximate surface area is 69.1 Å². The van der Waals surface area contributed by atoms with Crippen LogP contribution in [0.5, 0.6) is 0 Å². The summed E-state index contributed by atoms with van der Waals surface area (Å²) in [6.45, 7) is 10.3. The molecule has 0 aromatic heterocycles. The molecule has 0 aliphatic heterocycles. The maximum absolute atomic E-state index is 5.22. The van der Waals surface area contributed by atoms with Gasteiger partial charge >= 0.3 is 0 Å². The molecule has 0 radical (unpaired) electrons. The largest absolute Gasteiger partial charge is 0.499 e. The van der Waals surface area contributed by atoms with Crippen LogP contribution in [0, 0.1) is 0 Å². The molecule has 0 amide bonds. The van der Waals surface area contributed by atoms with E-state index in [0.717, 1.165) is 17.9 Å². The lowest BCUT2D eigenvalue weighted by atomic mass is 10.3. The van der Waals surface area contributed by atoms with Gasteiger partial charge in [-0.25, -0.2) is 0 Å². The fourth-order valence-electron chi connectivity index (χ4n) is 0.593. The summed E-state index contributed by atoms with van der Waals surface area (Å²) in [5, 5.41) is 0. The lowest BCUT2D eigenvalue weighted by Crippen LogP contribution is -1.84. The SMILES string of the molecule is C=C/C(C)=C\C=C(/C)OCC. The first kappa shape index (κ1) is 10.0. The molecule has 62 valence electrons. The summed E-state index contributed by atoms with van der Waals surface area (Å²) in [5.41, 5.74) is 1.14. The summed E-state index contributed by atoms with van der Waals surface area (Å²) in [4.78, 5) is 0. The van der Waals surface area contributed by atoms with Crippen molar-refractivity contribution in [2.24, 2.45) is 0 Å². The van der Waals surface area contributed by atoms with Crippen LogP contribution in [0.4, 0.5) is 0 Å². The molecule has 0 atom stereocenters. The van der Waals surface area contributed by atoms with E-state index < -0.39 is 0 Å². The van der Waals surface area contributed by atoms with Gasteiger partial charge in [-0.2, -0.15) is 0 Å². The third-order valence-electron chi connectivity index (χ3n) is 1.27. The van der Waals surface area contributed by atoms with E-state index in [0.29, 0.717) is 0 Å². The van der Waals surface area contributed by atoms with E-state index in [4.69, 9.17) is 4.74 Å². The zero-order valence-electron chi connectivity index (χ0n) is 7.55. The first-order valence-corrected chi connectivity index (χ1v) is 3.81. The molecule has 0 fully saturated rings. The van der Waals surface area contributed by atoms with E-state index in [-0.39, 0.29) is 0 Å². The molecule has 11 heavy (non-hydrogen) atoms. The van der Waals surface area contributed by atoms with Crippen LogP contribution in [0.1, 0.15) is 20.8 Å². The van der Waals surface area contributed by atoms with Crippen LogP contribution in [-0.4, -0.2) is 6.61 Å². The van der Waals surface area contributed by atoms with Crippen molar-refractivity contribution >= 4 is 0 Å². The summed E-state index contributed by atoms with van der Waals surface area (Å²) in [6.07, 6.45) is 5.74. The lowest BCUT2D eigenvalue weighted by Gasteiger charge is -1.99. The van der Waals surface area contributed by atoms with Gasteiger partial charge in [-0.3, -0.25) is 0 Å². The molecule has 0 saturated heterocycles. The zero-order chi connectivity index (χ0) is 8.69. The van der Waals surface area contributed by atoms with Crippen LogP contribution in [0.15, 0.2) is 36.1 Å². The predicted molar refractivity (Wildman–Crippen MR) is 49.3 cm³/mol. The molecule has 1 nitrogen and oxygen atoms in total. The highest BCUT2D eigenvalue weighted by atomic mass is 16.5. The molecule has 0 rings (SSSR count). The highest BCUT2D eigenvalue weighted by Gasteiger charge is 1.83. The zero-order valence-corrected chi connectivity index (χ0v) is 7.55. The van der Waals surface area contributed by atoms with Crippen molar-refractivity contribution in [1.29, 1.82) is 0 Å². The molecule has 0 heterocycles. The van der Waals surface area contributed by atoms with Gasteiger partial charge in [-0.1, -0.05) is 24.3 Å². The molecule has 0 N–H and O–H groups in total. The van der Waals surface area contributed by atoms with Crippen LogP contribution < -0.4 is 0 Å². The third-order valence-corrected chi connectivity index (χ3v) is 1.27. The average molecular weight is 152 g/mol. The summed E-state index contributed by atoms with van der Waals surface area (Å²) >= 11 is 0. The first-order valence-electron chi connectivity index (χ1n) is 3.81. The molecule has 0 spiro atoms. The summed E-state index contributed by atoms with van der Waals surface area (Å²) in [7, 11) is 0. The summed E-state index contributed by atoms with van der Waals surface area (Å²) < 4.78 is 5.22. The standard InChI is InChI=1S/C10H16O/c1-5-9(3)7-8-10(4)11-6-2/h5,7-8H,1,6H2,2-4H3/b9-7-,10-8+. The molecule has 0 bridgehead atoms. The van der Waals surface area contributed by atoms with E-state index in [1.165, 1.54) is 0 Å². The van der Waals surface area contributed by atoms with E-state index in [2.05, 4.69) is 6.58 Å². The minimum atomic E-state index is 0.726. The maximum Gasteiger partial charge on any atom is 0.0928 e. The Bertz CT molecular complexity index is 175. The molecule has 1 heteroatoms. The second-order valence-corrected chi connectivity index (χ2v) is 2.33. The molecule has 0 aliphatic carbocycles. The lowest BCUT2D eigenvalue weighted by molar-refractivity contribution is 0.231. The first-order chi connectivity index (χ1) is 5.20. The van der Waals surface area contributed by atoms with Gasteiger partial charge in [-0.05, 0) is 26.8 Å². The van der Waals surface area contributed by atoms with Crippen LogP contribution in [0.3, 0.4) is 0 Å². The molecule has 0 aromatic carbocycles. The quantitative estimate of drug-likeness (QED) is 0.444. The van der Waals surface area contributed by atoms with E-state index >= 15 is 0 Å². The molecule has 0 aliphatic rings. The van der Waals surface area contributed by atoms with Crippen molar-refractivity contribution in [2.45, 2.75) is 20.8 Å². The van der Waals surface area contributed by atoms with Gasteiger partial charge in [0.1, 0.15) is 0 Å². The van der Waals surface area contributed by atoms with Gasteiger partial charge in [0.25, 0.3) is 0 Å². The molecule has 0 saturated carbocycles. The molecule has 0 unspecified atom stereocenters.